The molecule has 0 unspecified atom stereocenters. The van der Waals surface area contributed by atoms with Gasteiger partial charge in [0.25, 0.3) is 0 Å². The summed E-state index contributed by atoms with van der Waals surface area (Å²) >= 11 is 1.58. The van der Waals surface area contributed by atoms with E-state index in [0.717, 1.165) is 29.1 Å². The molecule has 2 atom stereocenters. The van der Waals surface area contributed by atoms with E-state index in [1.807, 2.05) is 35.7 Å². The fourth-order valence-corrected chi connectivity index (χ4v) is 4.17. The van der Waals surface area contributed by atoms with E-state index in [1.165, 1.54) is 0 Å². The van der Waals surface area contributed by atoms with Crippen molar-refractivity contribution in [3.8, 4) is 10.6 Å². The molecule has 1 N–H and O–H groups in total. The van der Waals surface area contributed by atoms with Gasteiger partial charge in [0.2, 0.25) is 5.91 Å². The van der Waals surface area contributed by atoms with Gasteiger partial charge in [0, 0.05) is 41.7 Å². The van der Waals surface area contributed by atoms with E-state index in [4.69, 9.17) is 0 Å². The summed E-state index contributed by atoms with van der Waals surface area (Å²) in [7, 11) is 0. The van der Waals surface area contributed by atoms with Crippen LogP contribution in [0.5, 0.6) is 0 Å². The molecule has 1 heterocycles. The number of aromatic nitrogens is 1. The number of nitrogens with one attached hydrogen (secondary N) is 1. The Morgan fingerprint density at radius 1 is 1.16 bits per heavy atom. The van der Waals surface area contributed by atoms with Crippen LogP contribution in [0.4, 0.5) is 0 Å². The monoisotopic (exact) mass is 357 g/mol. The molecule has 1 saturated carbocycles. The molecule has 25 heavy (non-hydrogen) atoms. The first-order valence-corrected chi connectivity index (χ1v) is 9.51. The first-order valence-electron chi connectivity index (χ1n) is 8.63. The van der Waals surface area contributed by atoms with Crippen LogP contribution in [-0.4, -0.2) is 23.4 Å². The SMILES string of the molecule is O=C([O-])[C@@H]1CCCC[C@H]1C(=O)NCCc1csc(-c2ccccc2)n1. The molecule has 5 nitrogen and oxygen atoms in total. The molecule has 1 fully saturated rings. The molecular weight excluding hydrogens is 336 g/mol. The third-order valence-corrected chi connectivity index (χ3v) is 5.60. The van der Waals surface area contributed by atoms with Crippen LogP contribution in [-0.2, 0) is 16.0 Å². The standard InChI is InChI=1S/C19H22N2O3S/c22-17(15-8-4-5-9-16(15)19(23)24)20-11-10-14-12-25-18(21-14)13-6-2-1-3-7-13/h1-3,6-7,12,15-16H,4-5,8-11H2,(H,20,22)(H,23,24)/p-1/t15-,16-/m1/s1. The van der Waals surface area contributed by atoms with Gasteiger partial charge in [-0.1, -0.05) is 43.2 Å². The summed E-state index contributed by atoms with van der Waals surface area (Å²) in [4.78, 5) is 28.1. The van der Waals surface area contributed by atoms with Gasteiger partial charge in [-0.2, -0.15) is 0 Å². The van der Waals surface area contributed by atoms with Crippen LogP contribution >= 0.6 is 11.3 Å². The maximum Gasteiger partial charge on any atom is 0.223 e. The van der Waals surface area contributed by atoms with Crippen molar-refractivity contribution in [3.63, 3.8) is 0 Å². The molecule has 2 aromatic rings. The van der Waals surface area contributed by atoms with Crippen molar-refractivity contribution >= 4 is 23.2 Å². The number of hydrogen-bond acceptors (Lipinski definition) is 5. The molecule has 0 bridgehead atoms. The van der Waals surface area contributed by atoms with Crippen LogP contribution in [0.25, 0.3) is 10.6 Å². The fraction of sp³-hybridized carbons (Fsp3) is 0.421. The van der Waals surface area contributed by atoms with E-state index in [2.05, 4.69) is 10.3 Å². The minimum atomic E-state index is -1.10. The highest BCUT2D eigenvalue weighted by Gasteiger charge is 2.31. The van der Waals surface area contributed by atoms with Crippen molar-refractivity contribution < 1.29 is 14.7 Å². The second-order valence-electron chi connectivity index (χ2n) is 6.37. The van der Waals surface area contributed by atoms with E-state index in [0.29, 0.717) is 25.8 Å². The number of rotatable bonds is 6. The third-order valence-electron chi connectivity index (χ3n) is 4.66. The predicted octanol–water partition coefficient (Wildman–Crippen LogP) is 2.03. The maximum absolute atomic E-state index is 12.3. The van der Waals surface area contributed by atoms with Gasteiger partial charge in [0.1, 0.15) is 5.01 Å². The van der Waals surface area contributed by atoms with Crippen LogP contribution in [0.1, 0.15) is 31.4 Å². The van der Waals surface area contributed by atoms with Crippen molar-refractivity contribution in [1.82, 2.24) is 10.3 Å². The van der Waals surface area contributed by atoms with Crippen molar-refractivity contribution in [3.05, 3.63) is 41.4 Å². The Kier molecular flexibility index (Phi) is 5.81. The summed E-state index contributed by atoms with van der Waals surface area (Å²) in [6, 6.07) is 9.98. The van der Waals surface area contributed by atoms with Gasteiger partial charge < -0.3 is 15.2 Å². The lowest BCUT2D eigenvalue weighted by Gasteiger charge is -2.31. The minimum absolute atomic E-state index is 0.174. The lowest BCUT2D eigenvalue weighted by Crippen LogP contribution is -2.44. The van der Waals surface area contributed by atoms with Gasteiger partial charge in [-0.15, -0.1) is 11.3 Å². The van der Waals surface area contributed by atoms with Gasteiger partial charge in [-0.05, 0) is 12.8 Å². The van der Waals surface area contributed by atoms with Crippen LogP contribution in [0.2, 0.25) is 0 Å². The van der Waals surface area contributed by atoms with E-state index in [1.54, 1.807) is 11.3 Å². The predicted molar refractivity (Wildman–Crippen MR) is 94.7 cm³/mol. The Bertz CT molecular complexity index is 729. The normalized spacial score (nSPS) is 20.2. The second kappa shape index (κ2) is 8.25. The fourth-order valence-electron chi connectivity index (χ4n) is 3.31. The summed E-state index contributed by atoms with van der Waals surface area (Å²) in [5, 5.41) is 17.0. The lowest BCUT2D eigenvalue weighted by atomic mass is 9.78. The summed E-state index contributed by atoms with van der Waals surface area (Å²) in [5.74, 6) is -2.40. The third kappa shape index (κ3) is 4.45. The highest BCUT2D eigenvalue weighted by atomic mass is 32.1. The molecule has 0 aliphatic heterocycles. The number of nitrogens with zero attached hydrogens (tertiary/aromatic N) is 1. The zero-order chi connectivity index (χ0) is 17.6. The first kappa shape index (κ1) is 17.6. The highest BCUT2D eigenvalue weighted by Crippen LogP contribution is 2.30. The second-order valence-corrected chi connectivity index (χ2v) is 7.23. The van der Waals surface area contributed by atoms with E-state index in [-0.39, 0.29) is 5.91 Å². The number of carbonyl (C=O) groups excluding carboxylic acids is 2. The van der Waals surface area contributed by atoms with Gasteiger partial charge in [0.05, 0.1) is 5.69 Å². The number of benzene rings is 1. The van der Waals surface area contributed by atoms with Crippen molar-refractivity contribution in [2.75, 3.05) is 6.54 Å². The van der Waals surface area contributed by atoms with Crippen molar-refractivity contribution in [2.24, 2.45) is 11.8 Å². The van der Waals surface area contributed by atoms with Crippen LogP contribution in [0.3, 0.4) is 0 Å². The largest absolute Gasteiger partial charge is 0.550 e. The maximum atomic E-state index is 12.3. The number of carbonyl (C=O) groups is 2. The first-order chi connectivity index (χ1) is 12.1. The lowest BCUT2D eigenvalue weighted by molar-refractivity contribution is -0.314. The number of thiazole rings is 1. The van der Waals surface area contributed by atoms with Crippen LogP contribution in [0, 0.1) is 11.8 Å². The smallest absolute Gasteiger partial charge is 0.223 e. The molecule has 1 aromatic carbocycles. The molecule has 0 spiro atoms. The number of aliphatic carboxylic acids is 1. The Morgan fingerprint density at radius 3 is 2.60 bits per heavy atom. The molecule has 1 aliphatic carbocycles. The summed E-state index contributed by atoms with van der Waals surface area (Å²) < 4.78 is 0. The number of carboxylic acids is 1. The van der Waals surface area contributed by atoms with E-state index >= 15 is 0 Å². The van der Waals surface area contributed by atoms with Gasteiger partial charge in [-0.25, -0.2) is 4.98 Å². The van der Waals surface area contributed by atoms with E-state index < -0.39 is 17.8 Å². The number of carboxylic acid groups (broad SMARTS) is 1. The molecule has 1 aliphatic rings. The van der Waals surface area contributed by atoms with Crippen LogP contribution < -0.4 is 10.4 Å². The average molecular weight is 357 g/mol. The summed E-state index contributed by atoms with van der Waals surface area (Å²) in [5.41, 5.74) is 2.02. The highest BCUT2D eigenvalue weighted by molar-refractivity contribution is 7.13. The summed E-state index contributed by atoms with van der Waals surface area (Å²) in [6.45, 7) is 0.465. The van der Waals surface area contributed by atoms with Gasteiger partial charge >= 0.3 is 0 Å². The topological polar surface area (TPSA) is 82.1 Å². The Labute approximate surface area is 151 Å². The van der Waals surface area contributed by atoms with Gasteiger partial charge in [-0.3, -0.25) is 4.79 Å². The minimum Gasteiger partial charge on any atom is -0.550 e. The Balaban J connectivity index is 1.52. The molecule has 0 radical (unpaired) electrons. The number of hydrogen-bond donors (Lipinski definition) is 1. The number of amides is 1. The zero-order valence-corrected chi connectivity index (χ0v) is 14.8. The zero-order valence-electron chi connectivity index (χ0n) is 13.9. The molecule has 0 saturated heterocycles. The van der Waals surface area contributed by atoms with Crippen LogP contribution in [0.15, 0.2) is 35.7 Å². The average Bonchev–Trinajstić information content (AvgIpc) is 3.11. The quantitative estimate of drug-likeness (QED) is 0.857. The van der Waals surface area contributed by atoms with E-state index in [9.17, 15) is 14.7 Å². The Morgan fingerprint density at radius 2 is 1.88 bits per heavy atom. The molecule has 1 amide bonds. The summed E-state index contributed by atoms with van der Waals surface area (Å²) in [6.07, 6.45) is 3.54. The Hall–Kier alpha value is -2.21. The van der Waals surface area contributed by atoms with Crippen molar-refractivity contribution in [2.45, 2.75) is 32.1 Å². The van der Waals surface area contributed by atoms with Crippen molar-refractivity contribution in [1.29, 1.82) is 0 Å². The molecule has 6 heteroatoms. The molecule has 132 valence electrons. The molecular formula is C19H21N2O3S-. The molecule has 3 rings (SSSR count). The molecule has 1 aromatic heterocycles. The van der Waals surface area contributed by atoms with Gasteiger partial charge in [0.15, 0.2) is 0 Å².